The van der Waals surface area contributed by atoms with Gasteiger partial charge in [-0.1, -0.05) is 36.4 Å². The molecule has 2 amide bonds. The predicted octanol–water partition coefficient (Wildman–Crippen LogP) is 3.18. The average molecular weight is 400 g/mol. The first kappa shape index (κ1) is 19.8. The predicted molar refractivity (Wildman–Crippen MR) is 116 cm³/mol. The number of rotatable bonds is 6. The van der Waals surface area contributed by atoms with E-state index in [2.05, 4.69) is 21.7 Å². The number of hydrogen-bond acceptors (Lipinski definition) is 4. The summed E-state index contributed by atoms with van der Waals surface area (Å²) in [6.45, 7) is 0.347. The first-order valence-corrected chi connectivity index (χ1v) is 10.0. The molecule has 0 unspecified atom stereocenters. The van der Waals surface area contributed by atoms with Crippen LogP contribution in [-0.4, -0.2) is 23.3 Å². The van der Waals surface area contributed by atoms with Gasteiger partial charge in [0, 0.05) is 36.2 Å². The number of carbonyl (C=O) groups excluding carboxylic acids is 2. The molecule has 0 saturated carbocycles. The molecule has 6 nitrogen and oxygen atoms in total. The van der Waals surface area contributed by atoms with Gasteiger partial charge in [-0.15, -0.1) is 0 Å². The molecule has 0 bridgehead atoms. The van der Waals surface area contributed by atoms with Crippen molar-refractivity contribution in [3.8, 4) is 0 Å². The Kier molecular flexibility index (Phi) is 5.86. The Labute approximate surface area is 175 Å². The molecule has 0 fully saturated rings. The summed E-state index contributed by atoms with van der Waals surface area (Å²) in [5.41, 5.74) is 10.7. The number of aromatic nitrogens is 1. The summed E-state index contributed by atoms with van der Waals surface area (Å²) >= 11 is 0. The molecule has 0 saturated heterocycles. The maximum absolute atomic E-state index is 12.6. The van der Waals surface area contributed by atoms with Gasteiger partial charge in [-0.2, -0.15) is 0 Å². The van der Waals surface area contributed by atoms with Gasteiger partial charge in [0.15, 0.2) is 0 Å². The monoisotopic (exact) mass is 400 g/mol. The molecule has 0 spiro atoms. The number of benzene rings is 2. The summed E-state index contributed by atoms with van der Waals surface area (Å²) in [5.74, 6) is -0.286. The highest BCUT2D eigenvalue weighted by Crippen LogP contribution is 2.32. The number of pyridine rings is 1. The summed E-state index contributed by atoms with van der Waals surface area (Å²) in [4.78, 5) is 28.9. The van der Waals surface area contributed by atoms with Gasteiger partial charge >= 0.3 is 0 Å². The van der Waals surface area contributed by atoms with E-state index in [-0.39, 0.29) is 23.8 Å². The van der Waals surface area contributed by atoms with Gasteiger partial charge in [-0.25, -0.2) is 0 Å². The molecule has 2 atom stereocenters. The Morgan fingerprint density at radius 1 is 1.03 bits per heavy atom. The highest BCUT2D eigenvalue weighted by atomic mass is 16.2. The lowest BCUT2D eigenvalue weighted by molar-refractivity contribution is -0.122. The Bertz CT molecular complexity index is 1030. The van der Waals surface area contributed by atoms with Gasteiger partial charge < -0.3 is 16.4 Å². The van der Waals surface area contributed by atoms with Crippen molar-refractivity contribution in [2.45, 2.75) is 24.8 Å². The van der Waals surface area contributed by atoms with Crippen LogP contribution in [0.15, 0.2) is 73.1 Å². The normalized spacial score (nSPS) is 15.8. The fourth-order valence-corrected chi connectivity index (χ4v) is 3.80. The molecule has 152 valence electrons. The van der Waals surface area contributed by atoms with Gasteiger partial charge in [0.25, 0.3) is 5.91 Å². The van der Waals surface area contributed by atoms with E-state index in [1.807, 2.05) is 30.3 Å². The van der Waals surface area contributed by atoms with E-state index >= 15 is 0 Å². The minimum atomic E-state index is -0.345. The van der Waals surface area contributed by atoms with Crippen molar-refractivity contribution >= 4 is 17.5 Å². The van der Waals surface area contributed by atoms with Crippen LogP contribution in [0.4, 0.5) is 5.69 Å². The van der Waals surface area contributed by atoms with Crippen LogP contribution in [0.25, 0.3) is 0 Å². The van der Waals surface area contributed by atoms with Gasteiger partial charge in [-0.05, 0) is 53.8 Å². The minimum absolute atomic E-state index is 0.0174. The molecule has 0 radical (unpaired) electrons. The minimum Gasteiger partial charge on any atom is -0.354 e. The highest BCUT2D eigenvalue weighted by molar-refractivity contribution is 6.04. The highest BCUT2D eigenvalue weighted by Gasteiger charge is 2.28. The van der Waals surface area contributed by atoms with Crippen LogP contribution in [0.3, 0.4) is 0 Å². The van der Waals surface area contributed by atoms with E-state index in [1.54, 1.807) is 36.7 Å². The lowest BCUT2D eigenvalue weighted by Crippen LogP contribution is -2.34. The second-order valence-corrected chi connectivity index (χ2v) is 7.45. The lowest BCUT2D eigenvalue weighted by atomic mass is 10.00. The second-order valence-electron chi connectivity index (χ2n) is 7.45. The zero-order valence-electron chi connectivity index (χ0n) is 16.5. The summed E-state index contributed by atoms with van der Waals surface area (Å²) in [5, 5.41) is 5.80. The van der Waals surface area contributed by atoms with Crippen molar-refractivity contribution in [2.75, 3.05) is 11.9 Å². The molecule has 4 rings (SSSR count). The van der Waals surface area contributed by atoms with E-state index in [0.29, 0.717) is 17.8 Å². The summed E-state index contributed by atoms with van der Waals surface area (Å²) in [6.07, 6.45) is 5.01. The quantitative estimate of drug-likeness (QED) is 0.592. The van der Waals surface area contributed by atoms with Gasteiger partial charge in [0.1, 0.15) is 0 Å². The number of carbonyl (C=O) groups is 2. The molecular weight excluding hydrogens is 376 g/mol. The van der Waals surface area contributed by atoms with Crippen LogP contribution >= 0.6 is 0 Å². The van der Waals surface area contributed by atoms with Crippen LogP contribution in [0.5, 0.6) is 0 Å². The van der Waals surface area contributed by atoms with Crippen molar-refractivity contribution in [1.82, 2.24) is 10.3 Å². The van der Waals surface area contributed by atoms with Crippen molar-refractivity contribution < 1.29 is 9.59 Å². The van der Waals surface area contributed by atoms with Crippen LogP contribution in [-0.2, 0) is 11.2 Å². The van der Waals surface area contributed by atoms with E-state index in [1.165, 1.54) is 5.56 Å². The third-order valence-corrected chi connectivity index (χ3v) is 5.48. The smallest absolute Gasteiger partial charge is 0.255 e. The maximum Gasteiger partial charge on any atom is 0.255 e. The van der Waals surface area contributed by atoms with E-state index in [4.69, 9.17) is 5.73 Å². The first-order valence-electron chi connectivity index (χ1n) is 10.0. The number of nitrogens with one attached hydrogen (secondary N) is 2. The van der Waals surface area contributed by atoms with Crippen molar-refractivity contribution in [1.29, 1.82) is 0 Å². The molecule has 1 heterocycles. The Balaban J connectivity index is 1.32. The van der Waals surface area contributed by atoms with E-state index < -0.39 is 0 Å². The van der Waals surface area contributed by atoms with Gasteiger partial charge in [0.05, 0.1) is 5.92 Å². The molecule has 0 aliphatic heterocycles. The Hall–Kier alpha value is -3.51. The molecule has 4 N–H and O–H groups in total. The second kappa shape index (κ2) is 8.88. The topological polar surface area (TPSA) is 97.1 Å². The van der Waals surface area contributed by atoms with E-state index in [9.17, 15) is 9.59 Å². The lowest BCUT2D eigenvalue weighted by Gasteiger charge is -2.17. The number of fused-ring (bicyclic) bond motifs is 1. The molecule has 2 aromatic carbocycles. The van der Waals surface area contributed by atoms with Crippen LogP contribution in [0.2, 0.25) is 0 Å². The zero-order valence-corrected chi connectivity index (χ0v) is 16.5. The summed E-state index contributed by atoms with van der Waals surface area (Å²) in [6, 6.07) is 18.3. The standard InChI is InChI=1S/C24H24N4O2/c25-22(15-27-24(30)21-10-9-16-3-1-2-4-20(16)21)17-5-7-18(8-6-17)23(29)28-19-11-13-26-14-12-19/h1-8,11-14,21-22H,9-10,15,25H2,(H,27,30)(H,26,28,29)/t21-,22+/m1/s1. The van der Waals surface area contributed by atoms with Crippen molar-refractivity contribution in [3.63, 3.8) is 0 Å². The zero-order chi connectivity index (χ0) is 20.9. The van der Waals surface area contributed by atoms with Crippen molar-refractivity contribution in [2.24, 2.45) is 5.73 Å². The third-order valence-electron chi connectivity index (χ3n) is 5.48. The largest absolute Gasteiger partial charge is 0.354 e. The number of nitrogens with two attached hydrogens (primary N) is 1. The molecule has 30 heavy (non-hydrogen) atoms. The molecule has 1 aromatic heterocycles. The number of nitrogens with zero attached hydrogens (tertiary/aromatic N) is 1. The third kappa shape index (κ3) is 4.39. The fourth-order valence-electron chi connectivity index (χ4n) is 3.80. The molecular formula is C24H24N4O2. The number of anilines is 1. The number of aryl methyl sites for hydroxylation is 1. The number of amides is 2. The Morgan fingerprint density at radius 2 is 1.77 bits per heavy atom. The van der Waals surface area contributed by atoms with Gasteiger partial charge in [-0.3, -0.25) is 14.6 Å². The van der Waals surface area contributed by atoms with E-state index in [0.717, 1.165) is 24.0 Å². The summed E-state index contributed by atoms with van der Waals surface area (Å²) < 4.78 is 0. The average Bonchev–Trinajstić information content (AvgIpc) is 3.22. The number of hydrogen-bond donors (Lipinski definition) is 3. The maximum atomic E-state index is 12.6. The van der Waals surface area contributed by atoms with Crippen LogP contribution < -0.4 is 16.4 Å². The van der Waals surface area contributed by atoms with Crippen molar-refractivity contribution in [3.05, 3.63) is 95.3 Å². The van der Waals surface area contributed by atoms with Gasteiger partial charge in [0.2, 0.25) is 5.91 Å². The molecule has 6 heteroatoms. The summed E-state index contributed by atoms with van der Waals surface area (Å²) in [7, 11) is 0. The van der Waals surface area contributed by atoms with Crippen LogP contribution in [0, 0.1) is 0 Å². The molecule has 3 aromatic rings. The molecule has 1 aliphatic carbocycles. The first-order chi connectivity index (χ1) is 14.6. The molecule has 1 aliphatic rings. The SMILES string of the molecule is N[C@@H](CNC(=O)[C@@H]1CCc2ccccc21)c1ccc(C(=O)Nc2ccncc2)cc1. The fraction of sp³-hybridized carbons (Fsp3) is 0.208. The Morgan fingerprint density at radius 3 is 2.53 bits per heavy atom. The van der Waals surface area contributed by atoms with Crippen LogP contribution in [0.1, 0.15) is 45.4 Å².